The van der Waals surface area contributed by atoms with Gasteiger partial charge >= 0.3 is 0 Å². The smallest absolute Gasteiger partial charge is 0.300 e. The van der Waals surface area contributed by atoms with E-state index in [1.807, 2.05) is 0 Å². The molecule has 3 aromatic carbocycles. The van der Waals surface area contributed by atoms with Crippen LogP contribution in [-0.4, -0.2) is 33.9 Å². The number of hydrogen-bond donors (Lipinski definition) is 2. The van der Waals surface area contributed by atoms with Crippen LogP contribution in [0.25, 0.3) is 5.76 Å². The van der Waals surface area contributed by atoms with Crippen molar-refractivity contribution >= 4 is 28.8 Å². The van der Waals surface area contributed by atoms with Gasteiger partial charge in [-0.15, -0.1) is 0 Å². The Balaban J connectivity index is 1.96. The normalized spacial score (nSPS) is 17.2. The third-order valence-corrected chi connectivity index (χ3v) is 5.29. The zero-order valence-corrected chi connectivity index (χ0v) is 17.3. The van der Waals surface area contributed by atoms with Gasteiger partial charge in [-0.1, -0.05) is 30.3 Å². The van der Waals surface area contributed by atoms with E-state index >= 15 is 0 Å². The van der Waals surface area contributed by atoms with E-state index in [1.165, 1.54) is 42.3 Å². The molecule has 1 amide bonds. The third kappa shape index (κ3) is 3.87. The number of aliphatic hydroxyl groups is 1. The molecule has 3 aromatic rings. The molecule has 1 atom stereocenters. The number of nitro groups is 1. The van der Waals surface area contributed by atoms with E-state index < -0.39 is 28.4 Å². The van der Waals surface area contributed by atoms with Gasteiger partial charge in [0.2, 0.25) is 0 Å². The van der Waals surface area contributed by atoms with Gasteiger partial charge in [0.1, 0.15) is 17.3 Å². The molecule has 1 aliphatic heterocycles. The Morgan fingerprint density at radius 3 is 2.45 bits per heavy atom. The number of nitro benzene ring substituents is 1. The summed E-state index contributed by atoms with van der Waals surface area (Å²) in [5.74, 6) is -2.07. The molecule has 0 bridgehead atoms. The quantitative estimate of drug-likeness (QED) is 0.200. The van der Waals surface area contributed by atoms with Gasteiger partial charge in [0.15, 0.2) is 0 Å². The van der Waals surface area contributed by atoms with Crippen LogP contribution in [0.5, 0.6) is 11.5 Å². The van der Waals surface area contributed by atoms with Crippen LogP contribution in [0.15, 0.2) is 78.4 Å². The van der Waals surface area contributed by atoms with Crippen molar-refractivity contribution in [2.45, 2.75) is 6.04 Å². The van der Waals surface area contributed by atoms with Crippen molar-refractivity contribution < 1.29 is 29.5 Å². The fourth-order valence-corrected chi connectivity index (χ4v) is 3.79. The number of benzene rings is 3. The number of ether oxygens (including phenoxy) is 1. The molecular formula is C24H18N2O7. The fraction of sp³-hybridized carbons (Fsp3) is 0.0833. The van der Waals surface area contributed by atoms with Crippen LogP contribution in [0.3, 0.4) is 0 Å². The number of carbonyl (C=O) groups excluding carboxylic acids is 2. The van der Waals surface area contributed by atoms with Crippen molar-refractivity contribution in [2.75, 3.05) is 12.0 Å². The zero-order chi connectivity index (χ0) is 23.7. The number of hydrogen-bond acceptors (Lipinski definition) is 7. The first-order chi connectivity index (χ1) is 15.8. The Morgan fingerprint density at radius 2 is 1.76 bits per heavy atom. The van der Waals surface area contributed by atoms with Gasteiger partial charge in [-0.2, -0.15) is 0 Å². The second-order valence-corrected chi connectivity index (χ2v) is 7.27. The van der Waals surface area contributed by atoms with Crippen molar-refractivity contribution in [2.24, 2.45) is 0 Å². The first kappa shape index (κ1) is 21.6. The number of rotatable bonds is 5. The topological polar surface area (TPSA) is 130 Å². The lowest BCUT2D eigenvalue weighted by Crippen LogP contribution is -2.29. The molecule has 9 heteroatoms. The van der Waals surface area contributed by atoms with E-state index in [0.717, 1.165) is 6.07 Å². The van der Waals surface area contributed by atoms with Gasteiger partial charge in [-0.05, 0) is 29.8 Å². The highest BCUT2D eigenvalue weighted by Crippen LogP contribution is 2.43. The Morgan fingerprint density at radius 1 is 1.03 bits per heavy atom. The molecule has 0 radical (unpaired) electrons. The van der Waals surface area contributed by atoms with Gasteiger partial charge in [-0.25, -0.2) is 0 Å². The number of aliphatic hydroxyl groups excluding tert-OH is 1. The summed E-state index contributed by atoms with van der Waals surface area (Å²) in [7, 11) is 1.46. The molecule has 9 nitrogen and oxygen atoms in total. The minimum absolute atomic E-state index is 0.0120. The minimum Gasteiger partial charge on any atom is -0.508 e. The van der Waals surface area contributed by atoms with Crippen LogP contribution >= 0.6 is 0 Å². The van der Waals surface area contributed by atoms with Gasteiger partial charge in [0.25, 0.3) is 17.4 Å². The maximum absolute atomic E-state index is 13.1. The Labute approximate surface area is 187 Å². The van der Waals surface area contributed by atoms with Crippen molar-refractivity contribution in [3.05, 3.63) is 99.6 Å². The monoisotopic (exact) mass is 446 g/mol. The molecule has 1 saturated heterocycles. The molecule has 33 heavy (non-hydrogen) atoms. The van der Waals surface area contributed by atoms with Gasteiger partial charge in [-0.3, -0.25) is 24.6 Å². The second kappa shape index (κ2) is 8.46. The predicted molar refractivity (Wildman–Crippen MR) is 119 cm³/mol. The lowest BCUT2D eigenvalue weighted by Gasteiger charge is -2.25. The van der Waals surface area contributed by atoms with E-state index in [1.54, 1.807) is 36.4 Å². The number of nitrogens with zero attached hydrogens (tertiary/aromatic N) is 2. The van der Waals surface area contributed by atoms with Crippen molar-refractivity contribution in [3.63, 3.8) is 0 Å². The number of carbonyl (C=O) groups is 2. The summed E-state index contributed by atoms with van der Waals surface area (Å²) in [4.78, 5) is 38.0. The number of non-ortho nitro benzene ring substituents is 1. The van der Waals surface area contributed by atoms with Crippen molar-refractivity contribution in [3.8, 4) is 11.5 Å². The molecule has 2 N–H and O–H groups in total. The third-order valence-electron chi connectivity index (χ3n) is 5.29. The number of aromatic hydroxyl groups is 1. The maximum atomic E-state index is 13.1. The number of phenols is 1. The summed E-state index contributed by atoms with van der Waals surface area (Å²) in [6, 6.07) is 16.5. The van der Waals surface area contributed by atoms with E-state index in [4.69, 9.17) is 4.74 Å². The van der Waals surface area contributed by atoms with Gasteiger partial charge in [0.05, 0.1) is 23.6 Å². The summed E-state index contributed by atoms with van der Waals surface area (Å²) in [6.07, 6.45) is 0. The molecule has 0 spiro atoms. The summed E-state index contributed by atoms with van der Waals surface area (Å²) < 4.78 is 5.23. The van der Waals surface area contributed by atoms with E-state index in [2.05, 4.69) is 0 Å². The molecule has 1 heterocycles. The summed E-state index contributed by atoms with van der Waals surface area (Å²) >= 11 is 0. The number of amides is 1. The highest BCUT2D eigenvalue weighted by atomic mass is 16.6. The molecule has 1 aliphatic rings. The number of ketones is 1. The summed E-state index contributed by atoms with van der Waals surface area (Å²) in [5.41, 5.74) is 0.175. The zero-order valence-electron chi connectivity index (χ0n) is 17.3. The first-order valence-electron chi connectivity index (χ1n) is 9.80. The van der Waals surface area contributed by atoms with E-state index in [0.29, 0.717) is 17.0 Å². The Kier molecular flexibility index (Phi) is 5.53. The Hall–Kier alpha value is -4.66. The molecule has 0 saturated carbocycles. The lowest BCUT2D eigenvalue weighted by molar-refractivity contribution is -0.384. The molecular weight excluding hydrogens is 428 g/mol. The van der Waals surface area contributed by atoms with Crippen LogP contribution in [0.2, 0.25) is 0 Å². The lowest BCUT2D eigenvalue weighted by atomic mass is 9.95. The van der Waals surface area contributed by atoms with Crippen LogP contribution in [0.4, 0.5) is 11.4 Å². The SMILES string of the molecule is COc1cccc(N2C(=O)C(=O)/C(=C(\O)c3cccc([N+](=O)[O-])c3)C2c2cccc(O)c2)c1. The maximum Gasteiger partial charge on any atom is 0.300 e. The minimum atomic E-state index is -1.09. The highest BCUT2D eigenvalue weighted by molar-refractivity contribution is 6.51. The molecule has 1 fully saturated rings. The van der Waals surface area contributed by atoms with Gasteiger partial charge in [0, 0.05) is 29.4 Å². The first-order valence-corrected chi connectivity index (χ1v) is 9.80. The number of Topliss-reactive ketones (excluding diaryl/α,β-unsaturated/α-hetero) is 1. The van der Waals surface area contributed by atoms with Crippen molar-refractivity contribution in [1.82, 2.24) is 0 Å². The van der Waals surface area contributed by atoms with Crippen LogP contribution < -0.4 is 9.64 Å². The average molecular weight is 446 g/mol. The standard InChI is InChI=1S/C24H18N2O7/c1-33-19-10-4-7-16(13-19)25-21(14-5-3-9-18(27)12-14)20(23(29)24(25)30)22(28)15-6-2-8-17(11-15)26(31)32/h2-13,21,27-28H,1H3/b22-20-. The molecule has 0 aliphatic carbocycles. The molecule has 0 aromatic heterocycles. The van der Waals surface area contributed by atoms with Crippen LogP contribution in [0.1, 0.15) is 17.2 Å². The predicted octanol–water partition coefficient (Wildman–Crippen LogP) is 3.94. The largest absolute Gasteiger partial charge is 0.508 e. The summed E-state index contributed by atoms with van der Waals surface area (Å²) in [6.45, 7) is 0. The van der Waals surface area contributed by atoms with E-state index in [-0.39, 0.29) is 22.6 Å². The molecule has 1 unspecified atom stereocenters. The number of anilines is 1. The average Bonchev–Trinajstić information content (AvgIpc) is 3.09. The number of methoxy groups -OCH3 is 1. The highest BCUT2D eigenvalue weighted by Gasteiger charge is 2.47. The van der Waals surface area contributed by atoms with Gasteiger partial charge < -0.3 is 14.9 Å². The fourth-order valence-electron chi connectivity index (χ4n) is 3.79. The Bertz CT molecular complexity index is 1320. The van der Waals surface area contributed by atoms with E-state index in [9.17, 15) is 29.9 Å². The van der Waals surface area contributed by atoms with Crippen LogP contribution in [0, 0.1) is 10.1 Å². The second-order valence-electron chi connectivity index (χ2n) is 7.27. The molecule has 166 valence electrons. The van der Waals surface area contributed by atoms with Crippen LogP contribution in [-0.2, 0) is 9.59 Å². The summed E-state index contributed by atoms with van der Waals surface area (Å²) in [5, 5.41) is 32.2. The number of phenolic OH excluding ortho intramolecular Hbond substituents is 1. The molecule has 4 rings (SSSR count). The van der Waals surface area contributed by atoms with Crippen molar-refractivity contribution in [1.29, 1.82) is 0 Å².